The van der Waals surface area contributed by atoms with Gasteiger partial charge in [-0.15, -0.1) is 15.3 Å². The maximum atomic E-state index is 12.2. The third kappa shape index (κ3) is 4.40. The van der Waals surface area contributed by atoms with Crippen molar-refractivity contribution in [3.63, 3.8) is 0 Å². The highest BCUT2D eigenvalue weighted by Crippen LogP contribution is 2.30. The SMILES string of the molecule is Nn1c(SCC(=O)Nc2nnc(-c3ccccc3)o2)nnc1-c1ccc(Cl)cc1Cl. The van der Waals surface area contributed by atoms with Crippen LogP contribution >= 0.6 is 35.0 Å². The number of halogens is 2. The first-order chi connectivity index (χ1) is 14.5. The van der Waals surface area contributed by atoms with E-state index >= 15 is 0 Å². The number of hydrogen-bond donors (Lipinski definition) is 2. The summed E-state index contributed by atoms with van der Waals surface area (Å²) in [6.07, 6.45) is 0. The molecule has 4 aromatic rings. The fourth-order valence-corrected chi connectivity index (χ4v) is 3.64. The van der Waals surface area contributed by atoms with Gasteiger partial charge in [0, 0.05) is 16.1 Å². The van der Waals surface area contributed by atoms with Gasteiger partial charge in [0.1, 0.15) is 0 Å². The summed E-state index contributed by atoms with van der Waals surface area (Å²) in [5.41, 5.74) is 1.33. The lowest BCUT2D eigenvalue weighted by Gasteiger charge is -2.05. The molecule has 0 saturated carbocycles. The zero-order valence-corrected chi connectivity index (χ0v) is 17.4. The van der Waals surface area contributed by atoms with Gasteiger partial charge in [0.05, 0.1) is 10.8 Å². The minimum atomic E-state index is -0.364. The number of thioether (sulfide) groups is 1. The molecule has 1 amide bonds. The average Bonchev–Trinajstić information content (AvgIpc) is 3.34. The van der Waals surface area contributed by atoms with Crippen molar-refractivity contribution in [3.8, 4) is 22.8 Å². The maximum Gasteiger partial charge on any atom is 0.322 e. The Hall–Kier alpha value is -3.08. The Morgan fingerprint density at radius 1 is 1.10 bits per heavy atom. The summed E-state index contributed by atoms with van der Waals surface area (Å²) >= 11 is 13.2. The van der Waals surface area contributed by atoms with Gasteiger partial charge in [-0.25, -0.2) is 4.68 Å². The molecule has 0 fully saturated rings. The Morgan fingerprint density at radius 3 is 2.67 bits per heavy atom. The van der Waals surface area contributed by atoms with Crippen LogP contribution in [0.2, 0.25) is 10.0 Å². The van der Waals surface area contributed by atoms with E-state index < -0.39 is 0 Å². The first-order valence-electron chi connectivity index (χ1n) is 8.49. The molecule has 12 heteroatoms. The van der Waals surface area contributed by atoms with Crippen LogP contribution in [0.4, 0.5) is 6.01 Å². The lowest BCUT2D eigenvalue weighted by Crippen LogP contribution is -2.16. The van der Waals surface area contributed by atoms with Crippen molar-refractivity contribution in [2.75, 3.05) is 16.9 Å². The number of nitrogens with zero attached hydrogens (tertiary/aromatic N) is 5. The lowest BCUT2D eigenvalue weighted by molar-refractivity contribution is -0.113. The number of aromatic nitrogens is 5. The lowest BCUT2D eigenvalue weighted by atomic mass is 10.2. The molecular formula is C18H13Cl2N7O2S. The van der Waals surface area contributed by atoms with Gasteiger partial charge in [0.15, 0.2) is 5.82 Å². The van der Waals surface area contributed by atoms with E-state index in [2.05, 4.69) is 25.7 Å². The molecule has 0 bridgehead atoms. The Morgan fingerprint density at radius 2 is 1.90 bits per heavy atom. The van der Waals surface area contributed by atoms with Crippen LogP contribution < -0.4 is 11.2 Å². The number of benzene rings is 2. The van der Waals surface area contributed by atoms with E-state index in [0.29, 0.717) is 32.5 Å². The molecule has 9 nitrogen and oxygen atoms in total. The number of anilines is 1. The Balaban J connectivity index is 1.39. The zero-order valence-electron chi connectivity index (χ0n) is 15.1. The Kier molecular flexibility index (Phi) is 5.88. The monoisotopic (exact) mass is 461 g/mol. The smallest absolute Gasteiger partial charge is 0.322 e. The van der Waals surface area contributed by atoms with Gasteiger partial charge in [-0.2, -0.15) is 0 Å². The third-order valence-corrected chi connectivity index (χ3v) is 5.35. The van der Waals surface area contributed by atoms with Crippen LogP contribution in [0.5, 0.6) is 0 Å². The first-order valence-corrected chi connectivity index (χ1v) is 10.2. The molecular weight excluding hydrogens is 449 g/mol. The van der Waals surface area contributed by atoms with Crippen LogP contribution in [0.15, 0.2) is 58.1 Å². The number of nitrogen functional groups attached to an aromatic ring is 1. The highest BCUT2D eigenvalue weighted by atomic mass is 35.5. The third-order valence-electron chi connectivity index (χ3n) is 3.86. The molecule has 0 aliphatic rings. The Labute approximate surface area is 184 Å². The maximum absolute atomic E-state index is 12.2. The topological polar surface area (TPSA) is 125 Å². The van der Waals surface area contributed by atoms with Gasteiger partial charge in [-0.1, -0.05) is 58.3 Å². The number of rotatable bonds is 6. The molecule has 0 aliphatic heterocycles. The van der Waals surface area contributed by atoms with Crippen LogP contribution in [0, 0.1) is 0 Å². The highest BCUT2D eigenvalue weighted by molar-refractivity contribution is 7.99. The van der Waals surface area contributed by atoms with E-state index in [4.69, 9.17) is 33.5 Å². The first kappa shape index (κ1) is 20.2. The van der Waals surface area contributed by atoms with Gasteiger partial charge >= 0.3 is 6.01 Å². The largest absolute Gasteiger partial charge is 0.403 e. The number of nitrogens with two attached hydrogens (primary N) is 1. The Bertz CT molecular complexity index is 1200. The highest BCUT2D eigenvalue weighted by Gasteiger charge is 2.17. The second-order valence-corrected chi connectivity index (χ2v) is 7.70. The van der Waals surface area contributed by atoms with Crippen molar-refractivity contribution < 1.29 is 9.21 Å². The molecule has 30 heavy (non-hydrogen) atoms. The van der Waals surface area contributed by atoms with E-state index in [1.807, 2.05) is 30.3 Å². The number of carbonyl (C=O) groups excluding carboxylic acids is 1. The van der Waals surface area contributed by atoms with Crippen molar-refractivity contribution in [2.45, 2.75) is 5.16 Å². The molecule has 2 aromatic heterocycles. The van der Waals surface area contributed by atoms with E-state index in [0.717, 1.165) is 17.3 Å². The minimum absolute atomic E-state index is 0.00213. The van der Waals surface area contributed by atoms with Crippen molar-refractivity contribution in [1.82, 2.24) is 25.1 Å². The van der Waals surface area contributed by atoms with E-state index in [1.165, 1.54) is 4.68 Å². The minimum Gasteiger partial charge on any atom is -0.403 e. The molecule has 152 valence electrons. The molecule has 3 N–H and O–H groups in total. The van der Waals surface area contributed by atoms with Crippen LogP contribution in [-0.2, 0) is 4.79 Å². The van der Waals surface area contributed by atoms with Gasteiger partial charge < -0.3 is 10.3 Å². The fraction of sp³-hybridized carbons (Fsp3) is 0.0556. The van der Waals surface area contributed by atoms with Crippen LogP contribution in [0.1, 0.15) is 0 Å². The van der Waals surface area contributed by atoms with Crippen molar-refractivity contribution >= 4 is 46.9 Å². The van der Waals surface area contributed by atoms with Gasteiger partial charge in [-0.3, -0.25) is 10.1 Å². The molecule has 2 heterocycles. The van der Waals surface area contributed by atoms with Crippen molar-refractivity contribution in [2.24, 2.45) is 0 Å². The second-order valence-electron chi connectivity index (χ2n) is 5.92. The summed E-state index contributed by atoms with van der Waals surface area (Å²) in [6, 6.07) is 14.2. The number of carbonyl (C=O) groups is 1. The molecule has 0 radical (unpaired) electrons. The van der Waals surface area contributed by atoms with Crippen molar-refractivity contribution in [3.05, 3.63) is 58.6 Å². The van der Waals surface area contributed by atoms with Gasteiger partial charge in [-0.05, 0) is 30.3 Å². The number of hydrogen-bond acceptors (Lipinski definition) is 8. The molecule has 4 rings (SSSR count). The van der Waals surface area contributed by atoms with E-state index in [-0.39, 0.29) is 17.7 Å². The van der Waals surface area contributed by atoms with Gasteiger partial charge in [0.25, 0.3) is 0 Å². The van der Waals surface area contributed by atoms with Crippen LogP contribution in [0.25, 0.3) is 22.8 Å². The summed E-state index contributed by atoms with van der Waals surface area (Å²) in [7, 11) is 0. The predicted octanol–water partition coefficient (Wildman–Crippen LogP) is 3.75. The molecule has 0 saturated heterocycles. The van der Waals surface area contributed by atoms with Crippen LogP contribution in [-0.4, -0.2) is 36.7 Å². The summed E-state index contributed by atoms with van der Waals surface area (Å²) in [5, 5.41) is 19.6. The average molecular weight is 462 g/mol. The normalized spacial score (nSPS) is 10.9. The molecule has 0 spiro atoms. The fourth-order valence-electron chi connectivity index (χ4n) is 2.49. The van der Waals surface area contributed by atoms with Gasteiger partial charge in [0.2, 0.25) is 17.0 Å². The summed E-state index contributed by atoms with van der Waals surface area (Å²) in [6.45, 7) is 0. The zero-order chi connectivity index (χ0) is 21.1. The quantitative estimate of drug-likeness (QED) is 0.328. The van der Waals surface area contributed by atoms with E-state index in [9.17, 15) is 4.79 Å². The number of amides is 1. The molecule has 0 atom stereocenters. The van der Waals surface area contributed by atoms with Crippen LogP contribution in [0.3, 0.4) is 0 Å². The summed E-state index contributed by atoms with van der Waals surface area (Å²) < 4.78 is 6.71. The van der Waals surface area contributed by atoms with Crippen molar-refractivity contribution in [1.29, 1.82) is 0 Å². The molecule has 0 aliphatic carbocycles. The summed E-state index contributed by atoms with van der Waals surface area (Å²) in [4.78, 5) is 12.2. The predicted molar refractivity (Wildman–Crippen MR) is 115 cm³/mol. The molecule has 0 unspecified atom stereocenters. The summed E-state index contributed by atoms with van der Waals surface area (Å²) in [5.74, 6) is 6.36. The molecule has 2 aromatic carbocycles. The van der Waals surface area contributed by atoms with E-state index in [1.54, 1.807) is 18.2 Å². The second kappa shape index (κ2) is 8.74. The number of nitrogens with one attached hydrogen (secondary N) is 1. The standard InChI is InChI=1S/C18H13Cl2N7O2S/c19-11-6-7-12(13(20)8-11)15-23-26-18(27(15)21)30-9-14(28)22-17-25-24-16(29-17)10-4-2-1-3-5-10/h1-8H,9,21H2,(H,22,25,28).